The van der Waals surface area contributed by atoms with E-state index in [2.05, 4.69) is 31.9 Å². The second-order valence-electron chi connectivity index (χ2n) is 4.84. The normalized spacial score (nSPS) is 19.5. The van der Waals surface area contributed by atoms with Crippen molar-refractivity contribution < 1.29 is 9.53 Å². The molecule has 19 heavy (non-hydrogen) atoms. The lowest BCUT2D eigenvalue weighted by molar-refractivity contribution is 0.0570. The highest BCUT2D eigenvalue weighted by molar-refractivity contribution is 9.11. The summed E-state index contributed by atoms with van der Waals surface area (Å²) >= 11 is 6.86. The SMILES string of the molecule is COCC1CCCN(C(=O)c2ccc(Br)cc2Br)C1. The molecule has 1 unspecified atom stereocenters. The van der Waals surface area contributed by atoms with Crippen molar-refractivity contribution in [2.75, 3.05) is 26.8 Å². The van der Waals surface area contributed by atoms with Crippen molar-refractivity contribution in [3.05, 3.63) is 32.7 Å². The van der Waals surface area contributed by atoms with Gasteiger partial charge in [-0.1, -0.05) is 15.9 Å². The first kappa shape index (κ1) is 15.0. The van der Waals surface area contributed by atoms with E-state index in [0.29, 0.717) is 5.92 Å². The number of benzene rings is 1. The summed E-state index contributed by atoms with van der Waals surface area (Å²) in [7, 11) is 1.71. The van der Waals surface area contributed by atoms with Gasteiger partial charge in [-0.15, -0.1) is 0 Å². The lowest BCUT2D eigenvalue weighted by atomic mass is 9.98. The zero-order valence-electron chi connectivity index (χ0n) is 10.9. The van der Waals surface area contributed by atoms with Gasteiger partial charge in [0.2, 0.25) is 0 Å². The molecule has 5 heteroatoms. The predicted octanol–water partition coefficient (Wildman–Crippen LogP) is 3.71. The summed E-state index contributed by atoms with van der Waals surface area (Å²) < 4.78 is 7.00. The van der Waals surface area contributed by atoms with E-state index in [1.54, 1.807) is 7.11 Å². The van der Waals surface area contributed by atoms with Crippen LogP contribution in [-0.4, -0.2) is 37.6 Å². The van der Waals surface area contributed by atoms with E-state index in [1.165, 1.54) is 0 Å². The Morgan fingerprint density at radius 3 is 2.95 bits per heavy atom. The van der Waals surface area contributed by atoms with Gasteiger partial charge in [0.15, 0.2) is 0 Å². The summed E-state index contributed by atoms with van der Waals surface area (Å²) in [4.78, 5) is 14.5. The zero-order valence-corrected chi connectivity index (χ0v) is 14.0. The number of hydrogen-bond donors (Lipinski definition) is 0. The Balaban J connectivity index is 2.10. The maximum Gasteiger partial charge on any atom is 0.255 e. The maximum atomic E-state index is 12.5. The second kappa shape index (κ2) is 6.86. The third-order valence-electron chi connectivity index (χ3n) is 3.37. The first-order chi connectivity index (χ1) is 9.11. The Bertz CT molecular complexity index is 463. The highest BCUT2D eigenvalue weighted by Crippen LogP contribution is 2.25. The molecule has 1 aromatic rings. The van der Waals surface area contributed by atoms with Gasteiger partial charge in [-0.05, 0) is 52.9 Å². The summed E-state index contributed by atoms with van der Waals surface area (Å²) in [6.45, 7) is 2.35. The van der Waals surface area contributed by atoms with Crippen molar-refractivity contribution in [3.8, 4) is 0 Å². The van der Waals surface area contributed by atoms with Crippen LogP contribution in [0.4, 0.5) is 0 Å². The monoisotopic (exact) mass is 389 g/mol. The summed E-state index contributed by atoms with van der Waals surface area (Å²) in [5.41, 5.74) is 0.723. The van der Waals surface area contributed by atoms with Gasteiger partial charge in [-0.2, -0.15) is 0 Å². The van der Waals surface area contributed by atoms with E-state index in [-0.39, 0.29) is 5.91 Å². The van der Waals surface area contributed by atoms with Crippen LogP contribution in [0, 0.1) is 5.92 Å². The second-order valence-corrected chi connectivity index (χ2v) is 6.61. The van der Waals surface area contributed by atoms with Crippen LogP contribution < -0.4 is 0 Å². The number of rotatable bonds is 3. The molecule has 1 aliphatic heterocycles. The lowest BCUT2D eigenvalue weighted by Crippen LogP contribution is -2.41. The fraction of sp³-hybridized carbons (Fsp3) is 0.500. The molecule has 1 saturated heterocycles. The Morgan fingerprint density at radius 1 is 1.47 bits per heavy atom. The molecule has 0 aliphatic carbocycles. The molecule has 1 aromatic carbocycles. The van der Waals surface area contributed by atoms with Crippen molar-refractivity contribution >= 4 is 37.8 Å². The van der Waals surface area contributed by atoms with E-state index in [0.717, 1.165) is 47.0 Å². The van der Waals surface area contributed by atoms with Crippen LogP contribution in [0.3, 0.4) is 0 Å². The summed E-state index contributed by atoms with van der Waals surface area (Å²) in [6, 6.07) is 5.66. The first-order valence-electron chi connectivity index (χ1n) is 6.35. The number of carbonyl (C=O) groups is 1. The van der Waals surface area contributed by atoms with Crippen LogP contribution in [0.15, 0.2) is 27.1 Å². The van der Waals surface area contributed by atoms with Gasteiger partial charge in [0.05, 0.1) is 12.2 Å². The first-order valence-corrected chi connectivity index (χ1v) is 7.93. The Hall–Kier alpha value is -0.390. The van der Waals surface area contributed by atoms with E-state index in [9.17, 15) is 4.79 Å². The average molecular weight is 391 g/mol. The molecule has 0 spiro atoms. The fourth-order valence-corrected chi connectivity index (χ4v) is 3.67. The highest BCUT2D eigenvalue weighted by Gasteiger charge is 2.25. The number of amides is 1. The third kappa shape index (κ3) is 3.80. The lowest BCUT2D eigenvalue weighted by Gasteiger charge is -2.32. The van der Waals surface area contributed by atoms with E-state index >= 15 is 0 Å². The molecule has 1 aliphatic rings. The highest BCUT2D eigenvalue weighted by atomic mass is 79.9. The van der Waals surface area contributed by atoms with Gasteiger partial charge in [0.1, 0.15) is 0 Å². The number of nitrogens with zero attached hydrogens (tertiary/aromatic N) is 1. The summed E-state index contributed by atoms with van der Waals surface area (Å²) in [5.74, 6) is 0.553. The molecule has 0 radical (unpaired) electrons. The Kier molecular flexibility index (Phi) is 5.42. The predicted molar refractivity (Wildman–Crippen MR) is 82.3 cm³/mol. The van der Waals surface area contributed by atoms with Gasteiger partial charge in [-0.3, -0.25) is 4.79 Å². The number of carbonyl (C=O) groups excluding carboxylic acids is 1. The molecule has 0 N–H and O–H groups in total. The largest absolute Gasteiger partial charge is 0.384 e. The molecular weight excluding hydrogens is 374 g/mol. The Labute approximate surface area is 130 Å². The van der Waals surface area contributed by atoms with Gasteiger partial charge >= 0.3 is 0 Å². The van der Waals surface area contributed by atoms with Gasteiger partial charge in [0.25, 0.3) is 5.91 Å². The summed E-state index contributed by atoms with van der Waals surface area (Å²) in [5, 5.41) is 0. The van der Waals surface area contributed by atoms with Crippen molar-refractivity contribution in [2.45, 2.75) is 12.8 Å². The van der Waals surface area contributed by atoms with Crippen LogP contribution in [0.25, 0.3) is 0 Å². The van der Waals surface area contributed by atoms with E-state index in [4.69, 9.17) is 4.74 Å². The minimum atomic E-state index is 0.0974. The van der Waals surface area contributed by atoms with Crippen molar-refractivity contribution in [2.24, 2.45) is 5.92 Å². The van der Waals surface area contributed by atoms with Gasteiger partial charge in [0, 0.05) is 29.1 Å². The van der Waals surface area contributed by atoms with Gasteiger partial charge in [-0.25, -0.2) is 0 Å². The molecule has 3 nitrogen and oxygen atoms in total. The van der Waals surface area contributed by atoms with Crippen molar-refractivity contribution in [1.82, 2.24) is 4.90 Å². The molecular formula is C14H17Br2NO2. The van der Waals surface area contributed by atoms with Crippen LogP contribution in [0.2, 0.25) is 0 Å². The summed E-state index contributed by atoms with van der Waals surface area (Å²) in [6.07, 6.45) is 2.19. The number of ether oxygens (including phenoxy) is 1. The fourth-order valence-electron chi connectivity index (χ4n) is 2.45. The van der Waals surface area contributed by atoms with Gasteiger partial charge < -0.3 is 9.64 Å². The molecule has 0 bridgehead atoms. The maximum absolute atomic E-state index is 12.5. The van der Waals surface area contributed by atoms with E-state index < -0.39 is 0 Å². The number of hydrogen-bond acceptors (Lipinski definition) is 2. The van der Waals surface area contributed by atoms with E-state index in [1.807, 2.05) is 23.1 Å². The minimum Gasteiger partial charge on any atom is -0.384 e. The standard InChI is InChI=1S/C14H17Br2NO2/c1-19-9-10-3-2-6-17(8-10)14(18)12-5-4-11(15)7-13(12)16/h4-5,7,10H,2-3,6,8-9H2,1H3. The third-order valence-corrected chi connectivity index (χ3v) is 4.52. The van der Waals surface area contributed by atoms with Crippen LogP contribution in [-0.2, 0) is 4.74 Å². The molecule has 1 atom stereocenters. The Morgan fingerprint density at radius 2 is 2.26 bits per heavy atom. The van der Waals surface area contributed by atoms with Crippen LogP contribution >= 0.6 is 31.9 Å². The zero-order chi connectivity index (χ0) is 13.8. The number of piperidine rings is 1. The number of halogens is 2. The number of methoxy groups -OCH3 is 1. The van der Waals surface area contributed by atoms with Crippen LogP contribution in [0.1, 0.15) is 23.2 Å². The molecule has 1 fully saturated rings. The minimum absolute atomic E-state index is 0.0974. The quantitative estimate of drug-likeness (QED) is 0.787. The topological polar surface area (TPSA) is 29.5 Å². The average Bonchev–Trinajstić information content (AvgIpc) is 2.39. The molecule has 104 valence electrons. The van der Waals surface area contributed by atoms with Crippen LogP contribution in [0.5, 0.6) is 0 Å². The molecule has 1 amide bonds. The number of likely N-dealkylation sites (tertiary alicyclic amines) is 1. The van der Waals surface area contributed by atoms with Crippen molar-refractivity contribution in [3.63, 3.8) is 0 Å². The molecule has 1 heterocycles. The van der Waals surface area contributed by atoms with Crippen molar-refractivity contribution in [1.29, 1.82) is 0 Å². The molecule has 0 aromatic heterocycles. The molecule has 2 rings (SSSR count). The smallest absolute Gasteiger partial charge is 0.255 e. The molecule has 0 saturated carbocycles.